The smallest absolute Gasteiger partial charge is 0.416 e. The molecule has 170 valence electrons. The topological polar surface area (TPSA) is 18.5 Å². The van der Waals surface area contributed by atoms with E-state index in [4.69, 9.17) is 9.47 Å². The van der Waals surface area contributed by atoms with Crippen molar-refractivity contribution < 1.29 is 40.2 Å². The Balaban J connectivity index is 1.71. The maximum Gasteiger partial charge on any atom is 0.416 e. The Labute approximate surface area is 179 Å². The molecule has 0 N–H and O–H groups in total. The summed E-state index contributed by atoms with van der Waals surface area (Å²) in [7, 11) is 0. The maximum absolute atomic E-state index is 14.0. The highest BCUT2D eigenvalue weighted by Crippen LogP contribution is 2.38. The summed E-state index contributed by atoms with van der Waals surface area (Å²) in [5, 5.41) is 0. The van der Waals surface area contributed by atoms with Gasteiger partial charge in [0.2, 0.25) is 0 Å². The first kappa shape index (κ1) is 23.6. The molecule has 0 fully saturated rings. The van der Waals surface area contributed by atoms with Crippen LogP contribution in [0.15, 0.2) is 72.8 Å². The lowest BCUT2D eigenvalue weighted by Crippen LogP contribution is -2.26. The molecule has 3 rings (SSSR count). The number of benzene rings is 3. The Morgan fingerprint density at radius 2 is 1.50 bits per heavy atom. The maximum atomic E-state index is 14.0. The van der Waals surface area contributed by atoms with Gasteiger partial charge in [-0.15, -0.1) is 0 Å². The zero-order valence-electron chi connectivity index (χ0n) is 16.4. The standard InChI is InChI=1S/C23H17F7O2/c24-20-10-9-15(11-21(20)32-18-7-2-1-3-8-18)13-31-14-19(23(28,29)30)16-5-4-6-17(12-16)22(25,26)27/h1-12,19H,13-14H2. The molecule has 0 bridgehead atoms. The van der Waals surface area contributed by atoms with Gasteiger partial charge in [-0.25, -0.2) is 4.39 Å². The van der Waals surface area contributed by atoms with Crippen LogP contribution in [0.4, 0.5) is 30.7 Å². The van der Waals surface area contributed by atoms with E-state index < -0.39 is 41.8 Å². The minimum absolute atomic E-state index is 0.137. The first-order valence-corrected chi connectivity index (χ1v) is 9.37. The molecular formula is C23H17F7O2. The second-order valence-corrected chi connectivity index (χ2v) is 6.91. The van der Waals surface area contributed by atoms with Crippen molar-refractivity contribution in [3.8, 4) is 11.5 Å². The lowest BCUT2D eigenvalue weighted by molar-refractivity contribution is -0.164. The van der Waals surface area contributed by atoms with Crippen molar-refractivity contribution in [2.75, 3.05) is 6.61 Å². The summed E-state index contributed by atoms with van der Waals surface area (Å²) >= 11 is 0. The molecule has 9 heteroatoms. The van der Waals surface area contributed by atoms with Crippen LogP contribution in [-0.2, 0) is 17.5 Å². The average Bonchev–Trinajstić information content (AvgIpc) is 2.73. The lowest BCUT2D eigenvalue weighted by atomic mass is 9.97. The molecule has 0 saturated carbocycles. The molecule has 0 saturated heterocycles. The van der Waals surface area contributed by atoms with Crippen molar-refractivity contribution in [2.45, 2.75) is 24.9 Å². The fraction of sp³-hybridized carbons (Fsp3) is 0.217. The summed E-state index contributed by atoms with van der Waals surface area (Å²) in [5.41, 5.74) is -1.40. The van der Waals surface area contributed by atoms with Crippen LogP contribution in [0.3, 0.4) is 0 Å². The summed E-state index contributed by atoms with van der Waals surface area (Å²) in [6.45, 7) is -1.23. The fourth-order valence-electron chi connectivity index (χ4n) is 2.94. The molecule has 1 unspecified atom stereocenters. The van der Waals surface area contributed by atoms with E-state index in [-0.39, 0.29) is 12.4 Å². The SMILES string of the molecule is Fc1ccc(COCC(c2cccc(C(F)(F)F)c2)C(F)(F)F)cc1Oc1ccccc1. The molecule has 0 heterocycles. The molecule has 32 heavy (non-hydrogen) atoms. The first-order chi connectivity index (χ1) is 15.0. The van der Waals surface area contributed by atoms with E-state index in [0.717, 1.165) is 18.2 Å². The number of alkyl halides is 6. The molecule has 0 spiro atoms. The van der Waals surface area contributed by atoms with E-state index in [9.17, 15) is 30.7 Å². The van der Waals surface area contributed by atoms with Gasteiger partial charge in [0.25, 0.3) is 0 Å². The quantitative estimate of drug-likeness (QED) is 0.342. The van der Waals surface area contributed by atoms with Crippen LogP contribution in [0.5, 0.6) is 11.5 Å². The highest BCUT2D eigenvalue weighted by molar-refractivity contribution is 5.35. The van der Waals surface area contributed by atoms with E-state index in [1.165, 1.54) is 12.1 Å². The van der Waals surface area contributed by atoms with Crippen LogP contribution in [0.2, 0.25) is 0 Å². The Bertz CT molecular complexity index is 1030. The number of hydrogen-bond donors (Lipinski definition) is 0. The Morgan fingerprint density at radius 3 is 2.16 bits per heavy atom. The third-order valence-electron chi connectivity index (χ3n) is 4.53. The van der Waals surface area contributed by atoms with Gasteiger partial charge in [0.1, 0.15) is 11.7 Å². The zero-order valence-corrected chi connectivity index (χ0v) is 16.4. The van der Waals surface area contributed by atoms with E-state index in [2.05, 4.69) is 0 Å². The van der Waals surface area contributed by atoms with Gasteiger partial charge in [-0.1, -0.05) is 42.5 Å². The van der Waals surface area contributed by atoms with Crippen LogP contribution in [0.1, 0.15) is 22.6 Å². The summed E-state index contributed by atoms with van der Waals surface area (Å²) in [5.74, 6) is -2.70. The molecule has 1 atom stereocenters. The Morgan fingerprint density at radius 1 is 0.781 bits per heavy atom. The third kappa shape index (κ3) is 6.23. The number of ether oxygens (including phenoxy) is 2. The van der Waals surface area contributed by atoms with Crippen molar-refractivity contribution in [1.29, 1.82) is 0 Å². The predicted molar refractivity (Wildman–Crippen MR) is 103 cm³/mol. The van der Waals surface area contributed by atoms with Gasteiger partial charge >= 0.3 is 12.4 Å². The van der Waals surface area contributed by atoms with Crippen LogP contribution in [0, 0.1) is 5.82 Å². The van der Waals surface area contributed by atoms with E-state index in [0.29, 0.717) is 23.4 Å². The number of hydrogen-bond acceptors (Lipinski definition) is 2. The highest BCUT2D eigenvalue weighted by atomic mass is 19.4. The molecule has 0 aliphatic carbocycles. The second-order valence-electron chi connectivity index (χ2n) is 6.91. The molecule has 0 radical (unpaired) electrons. The van der Waals surface area contributed by atoms with Crippen LogP contribution < -0.4 is 4.74 Å². The molecule has 3 aromatic rings. The second kappa shape index (κ2) is 9.60. The number of rotatable bonds is 7. The number of para-hydroxylation sites is 1. The molecule has 0 aliphatic rings. The predicted octanol–water partition coefficient (Wildman–Crippen LogP) is 7.50. The minimum Gasteiger partial charge on any atom is -0.454 e. The van der Waals surface area contributed by atoms with Crippen LogP contribution in [-0.4, -0.2) is 12.8 Å². The van der Waals surface area contributed by atoms with Gasteiger partial charge in [-0.05, 0) is 41.5 Å². The molecule has 2 nitrogen and oxygen atoms in total. The van der Waals surface area contributed by atoms with Crippen molar-refractivity contribution >= 4 is 0 Å². The van der Waals surface area contributed by atoms with Crippen LogP contribution >= 0.6 is 0 Å². The fourth-order valence-corrected chi connectivity index (χ4v) is 2.94. The Kier molecular flexibility index (Phi) is 7.08. The summed E-state index contributed by atoms with van der Waals surface area (Å²) in [6, 6.07) is 15.1. The van der Waals surface area contributed by atoms with Crippen molar-refractivity contribution in [1.82, 2.24) is 0 Å². The van der Waals surface area contributed by atoms with E-state index in [1.54, 1.807) is 30.3 Å². The molecular weight excluding hydrogens is 441 g/mol. The van der Waals surface area contributed by atoms with Crippen molar-refractivity contribution in [3.63, 3.8) is 0 Å². The van der Waals surface area contributed by atoms with Crippen LogP contribution in [0.25, 0.3) is 0 Å². The minimum atomic E-state index is -4.82. The summed E-state index contributed by atoms with van der Waals surface area (Å²) in [6.07, 6.45) is -9.59. The van der Waals surface area contributed by atoms with Gasteiger partial charge < -0.3 is 9.47 Å². The molecule has 0 amide bonds. The van der Waals surface area contributed by atoms with E-state index in [1.807, 2.05) is 0 Å². The molecule has 3 aromatic carbocycles. The highest BCUT2D eigenvalue weighted by Gasteiger charge is 2.42. The van der Waals surface area contributed by atoms with Crippen molar-refractivity contribution in [3.05, 3.63) is 95.3 Å². The summed E-state index contributed by atoms with van der Waals surface area (Å²) in [4.78, 5) is 0. The zero-order chi connectivity index (χ0) is 23.4. The Hall–Kier alpha value is -3.07. The van der Waals surface area contributed by atoms with Gasteiger partial charge in [-0.2, -0.15) is 26.3 Å². The van der Waals surface area contributed by atoms with Crippen molar-refractivity contribution in [2.24, 2.45) is 0 Å². The van der Waals surface area contributed by atoms with Gasteiger partial charge in [-0.3, -0.25) is 0 Å². The van der Waals surface area contributed by atoms with E-state index >= 15 is 0 Å². The summed E-state index contributed by atoms with van der Waals surface area (Å²) < 4.78 is 104. The third-order valence-corrected chi connectivity index (χ3v) is 4.53. The first-order valence-electron chi connectivity index (χ1n) is 9.37. The molecule has 0 aromatic heterocycles. The normalized spacial score (nSPS) is 13.1. The van der Waals surface area contributed by atoms with Gasteiger partial charge in [0.15, 0.2) is 11.6 Å². The largest absolute Gasteiger partial charge is 0.454 e. The van der Waals surface area contributed by atoms with Gasteiger partial charge in [0, 0.05) is 0 Å². The van der Waals surface area contributed by atoms with Gasteiger partial charge in [0.05, 0.1) is 18.8 Å². The molecule has 0 aliphatic heterocycles. The monoisotopic (exact) mass is 458 g/mol. The lowest BCUT2D eigenvalue weighted by Gasteiger charge is -2.22. The average molecular weight is 458 g/mol. The number of halogens is 7.